The summed E-state index contributed by atoms with van der Waals surface area (Å²) in [7, 11) is 0. The molecular formula is C21H14Cl2N6O4. The number of benzene rings is 2. The summed E-state index contributed by atoms with van der Waals surface area (Å²) in [6.45, 7) is 0. The van der Waals surface area contributed by atoms with Crippen molar-refractivity contribution in [3.63, 3.8) is 0 Å². The topological polar surface area (TPSA) is 157 Å². The van der Waals surface area contributed by atoms with Gasteiger partial charge in [-0.05, 0) is 29.8 Å². The van der Waals surface area contributed by atoms with Crippen molar-refractivity contribution >= 4 is 57.3 Å². The normalized spacial score (nSPS) is 11.8. The van der Waals surface area contributed by atoms with Gasteiger partial charge in [0.2, 0.25) is 11.9 Å². The van der Waals surface area contributed by atoms with Gasteiger partial charge in [-0.25, -0.2) is 4.98 Å². The first-order valence-electron chi connectivity index (χ1n) is 9.38. The van der Waals surface area contributed by atoms with Gasteiger partial charge in [-0.2, -0.15) is 0 Å². The van der Waals surface area contributed by atoms with Gasteiger partial charge >= 0.3 is 0 Å². The van der Waals surface area contributed by atoms with E-state index in [2.05, 4.69) is 20.3 Å². The Balaban J connectivity index is 1.95. The number of carbonyl (C=O) groups is 1. The second-order valence-corrected chi connectivity index (χ2v) is 7.79. The summed E-state index contributed by atoms with van der Waals surface area (Å²) in [5.74, 6) is -1.89. The van der Waals surface area contributed by atoms with Gasteiger partial charge in [0.25, 0.3) is 11.2 Å². The number of hydrogen-bond acceptors (Lipinski definition) is 7. The van der Waals surface area contributed by atoms with Crippen molar-refractivity contribution < 1.29 is 9.72 Å². The van der Waals surface area contributed by atoms with Crippen molar-refractivity contribution in [1.82, 2.24) is 15.0 Å². The quantitative estimate of drug-likeness (QED) is 0.276. The molecule has 0 radical (unpaired) electrons. The Labute approximate surface area is 195 Å². The van der Waals surface area contributed by atoms with Crippen LogP contribution in [0.1, 0.15) is 17.0 Å². The predicted octanol–water partition coefficient (Wildman–Crippen LogP) is 3.89. The molecule has 0 saturated heterocycles. The van der Waals surface area contributed by atoms with E-state index < -0.39 is 22.3 Å². The molecule has 2 aromatic heterocycles. The minimum absolute atomic E-state index is 0.0235. The van der Waals surface area contributed by atoms with E-state index in [9.17, 15) is 19.7 Å². The van der Waals surface area contributed by atoms with Gasteiger partial charge in [-0.15, -0.1) is 0 Å². The van der Waals surface area contributed by atoms with Crippen LogP contribution in [0.25, 0.3) is 10.9 Å². The molecule has 12 heteroatoms. The molecule has 10 nitrogen and oxygen atoms in total. The van der Waals surface area contributed by atoms with Gasteiger partial charge < -0.3 is 11.1 Å². The fraction of sp³-hybridized carbons (Fsp3) is 0.0476. The van der Waals surface area contributed by atoms with Crippen LogP contribution in [-0.4, -0.2) is 25.8 Å². The van der Waals surface area contributed by atoms with Gasteiger partial charge in [0, 0.05) is 35.8 Å². The van der Waals surface area contributed by atoms with E-state index in [4.69, 9.17) is 28.9 Å². The van der Waals surface area contributed by atoms with Crippen molar-refractivity contribution in [1.29, 1.82) is 0 Å². The second kappa shape index (κ2) is 8.85. The second-order valence-electron chi connectivity index (χ2n) is 6.98. The van der Waals surface area contributed by atoms with E-state index >= 15 is 0 Å². The molecule has 2 aromatic carbocycles. The number of nitrogens with one attached hydrogen (secondary N) is 2. The van der Waals surface area contributed by atoms with E-state index in [0.717, 1.165) is 6.07 Å². The molecule has 1 atom stereocenters. The lowest BCUT2D eigenvalue weighted by Gasteiger charge is -2.16. The number of nitrogens with zero attached hydrogens (tertiary/aromatic N) is 3. The molecule has 4 aromatic rings. The number of aromatic nitrogens is 3. The standard InChI is InChI=1S/C21H14Cl2N6O4/c22-15-4-3-11(6-16(15)23)26-21-27-18-13(17(19(24)30)10-2-1-5-25-9-10)7-12(29(32)33)8-14(18)20(31)28-21/h1-9,17H,(H2,24,30)(H2,26,27,28,31). The van der Waals surface area contributed by atoms with Gasteiger partial charge in [0.05, 0.1) is 31.8 Å². The fourth-order valence-electron chi connectivity index (χ4n) is 3.39. The number of nitro benzene ring substituents is 1. The van der Waals surface area contributed by atoms with Crippen LogP contribution in [0.4, 0.5) is 17.3 Å². The summed E-state index contributed by atoms with van der Waals surface area (Å²) < 4.78 is 0. The zero-order valence-corrected chi connectivity index (χ0v) is 18.1. The lowest BCUT2D eigenvalue weighted by atomic mass is 9.89. The first-order valence-corrected chi connectivity index (χ1v) is 10.1. The lowest BCUT2D eigenvalue weighted by Crippen LogP contribution is -2.24. The van der Waals surface area contributed by atoms with E-state index in [0.29, 0.717) is 16.3 Å². The Morgan fingerprint density at radius 1 is 1.18 bits per heavy atom. The van der Waals surface area contributed by atoms with Gasteiger partial charge in [-0.3, -0.25) is 29.7 Å². The average Bonchev–Trinajstić information content (AvgIpc) is 2.77. The Hall–Kier alpha value is -4.02. The molecule has 33 heavy (non-hydrogen) atoms. The molecular weight excluding hydrogens is 471 g/mol. The Morgan fingerprint density at radius 3 is 2.61 bits per heavy atom. The smallest absolute Gasteiger partial charge is 0.270 e. The van der Waals surface area contributed by atoms with Crippen molar-refractivity contribution in [3.05, 3.63) is 96.5 Å². The largest absolute Gasteiger partial charge is 0.369 e. The Bertz CT molecular complexity index is 1460. The van der Waals surface area contributed by atoms with Gasteiger partial charge in [-0.1, -0.05) is 29.3 Å². The van der Waals surface area contributed by atoms with Gasteiger partial charge in [0.1, 0.15) is 0 Å². The predicted molar refractivity (Wildman–Crippen MR) is 124 cm³/mol. The molecule has 0 saturated carbocycles. The molecule has 0 spiro atoms. The number of H-pyrrole nitrogens is 1. The number of anilines is 2. The molecule has 0 aliphatic rings. The van der Waals surface area contributed by atoms with Crippen LogP contribution in [0.2, 0.25) is 10.0 Å². The van der Waals surface area contributed by atoms with E-state index in [1.807, 2.05) is 0 Å². The molecule has 4 N–H and O–H groups in total. The molecule has 2 heterocycles. The third-order valence-electron chi connectivity index (χ3n) is 4.83. The third kappa shape index (κ3) is 4.47. The van der Waals surface area contributed by atoms with Crippen LogP contribution >= 0.6 is 23.2 Å². The lowest BCUT2D eigenvalue weighted by molar-refractivity contribution is -0.384. The van der Waals surface area contributed by atoms with Crippen LogP contribution in [0.5, 0.6) is 0 Å². The van der Waals surface area contributed by atoms with Crippen LogP contribution in [-0.2, 0) is 4.79 Å². The summed E-state index contributed by atoms with van der Waals surface area (Å²) in [6, 6.07) is 10.2. The summed E-state index contributed by atoms with van der Waals surface area (Å²) in [5, 5.41) is 15.0. The highest BCUT2D eigenvalue weighted by Crippen LogP contribution is 2.33. The highest BCUT2D eigenvalue weighted by molar-refractivity contribution is 6.42. The Morgan fingerprint density at radius 2 is 1.97 bits per heavy atom. The number of hydrogen-bond donors (Lipinski definition) is 3. The number of primary amides is 1. The maximum atomic E-state index is 12.8. The maximum absolute atomic E-state index is 12.8. The zero-order valence-electron chi connectivity index (χ0n) is 16.6. The first-order chi connectivity index (χ1) is 15.7. The summed E-state index contributed by atoms with van der Waals surface area (Å²) in [5.41, 5.74) is 5.67. The minimum Gasteiger partial charge on any atom is -0.369 e. The van der Waals surface area contributed by atoms with Crippen LogP contribution < -0.4 is 16.6 Å². The number of carbonyl (C=O) groups excluding carboxylic acids is 1. The highest BCUT2D eigenvalue weighted by atomic mass is 35.5. The minimum atomic E-state index is -1.13. The number of nitro groups is 1. The average molecular weight is 485 g/mol. The number of fused-ring (bicyclic) bond motifs is 1. The molecule has 4 rings (SSSR count). The molecule has 166 valence electrons. The van der Waals surface area contributed by atoms with Crippen LogP contribution in [0, 0.1) is 10.1 Å². The number of amides is 1. The SMILES string of the molecule is NC(=O)C(c1cccnc1)c1cc([N+](=O)[O-])cc2c(=O)[nH]c(Nc3ccc(Cl)c(Cl)c3)nc12. The number of rotatable bonds is 6. The van der Waals surface area contributed by atoms with Crippen molar-refractivity contribution in [3.8, 4) is 0 Å². The van der Waals surface area contributed by atoms with Crippen molar-refractivity contribution in [2.75, 3.05) is 5.32 Å². The molecule has 0 aliphatic carbocycles. The number of pyridine rings is 1. The van der Waals surface area contributed by atoms with E-state index in [1.54, 1.807) is 24.3 Å². The number of aromatic amines is 1. The number of halogens is 2. The van der Waals surface area contributed by atoms with Crippen molar-refractivity contribution in [2.45, 2.75) is 5.92 Å². The third-order valence-corrected chi connectivity index (χ3v) is 5.57. The molecule has 0 bridgehead atoms. The summed E-state index contributed by atoms with van der Waals surface area (Å²) in [4.78, 5) is 47.0. The monoisotopic (exact) mass is 484 g/mol. The van der Waals surface area contributed by atoms with Crippen molar-refractivity contribution in [2.24, 2.45) is 5.73 Å². The molecule has 0 aliphatic heterocycles. The molecule has 1 unspecified atom stereocenters. The van der Waals surface area contributed by atoms with E-state index in [-0.39, 0.29) is 33.1 Å². The summed E-state index contributed by atoms with van der Waals surface area (Å²) in [6.07, 6.45) is 2.93. The molecule has 1 amide bonds. The Kier molecular flexibility index (Phi) is 5.95. The summed E-state index contributed by atoms with van der Waals surface area (Å²) >= 11 is 12.0. The fourth-order valence-corrected chi connectivity index (χ4v) is 3.69. The van der Waals surface area contributed by atoms with Gasteiger partial charge in [0.15, 0.2) is 0 Å². The highest BCUT2D eigenvalue weighted by Gasteiger charge is 2.27. The van der Waals surface area contributed by atoms with E-state index in [1.165, 1.54) is 24.5 Å². The molecule has 0 fully saturated rings. The zero-order chi connectivity index (χ0) is 23.7. The first kappa shape index (κ1) is 22.2. The number of nitrogens with two attached hydrogens (primary N) is 1. The van der Waals surface area contributed by atoms with Crippen LogP contribution in [0.15, 0.2) is 59.7 Å². The number of non-ortho nitro benzene ring substituents is 1. The van der Waals surface area contributed by atoms with Crippen LogP contribution in [0.3, 0.4) is 0 Å². The maximum Gasteiger partial charge on any atom is 0.270 e.